The van der Waals surface area contributed by atoms with Gasteiger partial charge in [-0.25, -0.2) is 0 Å². The smallest absolute Gasteiger partial charge is 0.0701 e. The molecular weight excluding hydrogens is 333 g/mol. The Morgan fingerprint density at radius 1 is 0.500 bits per heavy atom. The van der Waals surface area contributed by atoms with E-state index in [1.165, 1.54) is 0 Å². The summed E-state index contributed by atoms with van der Waals surface area (Å²) in [6, 6.07) is 0. The van der Waals surface area contributed by atoms with Gasteiger partial charge in [-0.3, -0.25) is 0 Å². The van der Waals surface area contributed by atoms with E-state index in [1.807, 2.05) is 0 Å². The van der Waals surface area contributed by atoms with E-state index in [2.05, 4.69) is 0 Å². The van der Waals surface area contributed by atoms with Crippen molar-refractivity contribution in [3.05, 3.63) is 0 Å². The molecule has 0 saturated carbocycles. The summed E-state index contributed by atoms with van der Waals surface area (Å²) in [4.78, 5) is 0. The van der Waals surface area contributed by atoms with E-state index in [1.54, 1.807) is 14.2 Å². The van der Waals surface area contributed by atoms with Gasteiger partial charge < -0.3 is 23.7 Å². The van der Waals surface area contributed by atoms with Crippen molar-refractivity contribution in [2.75, 3.05) is 67.1 Å². The summed E-state index contributed by atoms with van der Waals surface area (Å²) >= 11 is 0. The Bertz CT molecular complexity index is 103. The number of ether oxygens (including phenoxy) is 5. The fourth-order valence-corrected chi connectivity index (χ4v) is 0.826. The van der Waals surface area contributed by atoms with Crippen molar-refractivity contribution in [1.82, 2.24) is 0 Å². The van der Waals surface area contributed by atoms with Crippen LogP contribution in [0.4, 0.5) is 0 Å². The number of hydrogen-bond acceptors (Lipinski definition) is 5. The minimum atomic E-state index is 0. The first kappa shape index (κ1) is 20.2. The molecule has 5 nitrogen and oxygen atoms in total. The molecule has 0 aliphatic heterocycles. The molecule has 1 radical (unpaired) electrons. The molecule has 0 spiro atoms. The predicted octanol–water partition coefficient (Wildman–Crippen LogP) is -0.0518. The molecule has 0 heterocycles. The zero-order valence-corrected chi connectivity index (χ0v) is 17.0. The first-order valence-corrected chi connectivity index (χ1v) is 5.13. The van der Waals surface area contributed by atoms with Gasteiger partial charge in [0.15, 0.2) is 0 Å². The maximum absolute atomic E-state index is 5.26. The Morgan fingerprint density at radius 2 is 0.750 bits per heavy atom. The van der Waals surface area contributed by atoms with Crippen LogP contribution in [0, 0.1) is 0 Å². The quantitative estimate of drug-likeness (QED) is 0.460. The monoisotopic (exact) mass is 355 g/mol. The van der Waals surface area contributed by atoms with E-state index < -0.39 is 0 Å². The van der Waals surface area contributed by atoms with Crippen molar-refractivity contribution in [2.45, 2.75) is 0 Å². The molecule has 0 atom stereocenters. The Balaban J connectivity index is 0. The molecule has 0 aromatic rings. The maximum atomic E-state index is 5.26. The van der Waals surface area contributed by atoms with E-state index >= 15 is 0 Å². The second-order valence-corrected chi connectivity index (χ2v) is 2.82. The van der Waals surface area contributed by atoms with Crippen LogP contribution in [0.1, 0.15) is 0 Å². The third-order valence-electron chi connectivity index (χ3n) is 1.61. The normalized spacial score (nSPS) is 10.1. The zero-order chi connectivity index (χ0) is 11.2. The molecule has 0 rings (SSSR count). The van der Waals surface area contributed by atoms with Gasteiger partial charge in [0.2, 0.25) is 0 Å². The van der Waals surface area contributed by atoms with Gasteiger partial charge in [-0.05, 0) is 0 Å². The molecule has 0 unspecified atom stereocenters. The fraction of sp³-hybridized carbons (Fsp3) is 1.00. The van der Waals surface area contributed by atoms with Crippen molar-refractivity contribution >= 4 is 68.9 Å². The fourth-order valence-electron chi connectivity index (χ4n) is 0.826. The van der Waals surface area contributed by atoms with E-state index in [0.29, 0.717) is 52.9 Å². The summed E-state index contributed by atoms with van der Waals surface area (Å²) in [5, 5.41) is 0. The largest absolute Gasteiger partial charge is 0.382 e. The van der Waals surface area contributed by atoms with Crippen LogP contribution in [0.5, 0.6) is 0 Å². The first-order chi connectivity index (χ1) is 7.41. The summed E-state index contributed by atoms with van der Waals surface area (Å²) in [7, 11) is 3.30. The molecule has 0 saturated heterocycles. The van der Waals surface area contributed by atoms with E-state index in [9.17, 15) is 0 Å². The van der Waals surface area contributed by atoms with Gasteiger partial charge >= 0.3 is 0 Å². The molecule has 6 heteroatoms. The minimum Gasteiger partial charge on any atom is -0.382 e. The van der Waals surface area contributed by atoms with Crippen LogP contribution in [-0.4, -0.2) is 136 Å². The van der Waals surface area contributed by atoms with Crippen molar-refractivity contribution in [1.29, 1.82) is 0 Å². The number of rotatable bonds is 12. The van der Waals surface area contributed by atoms with Gasteiger partial charge in [0.05, 0.1) is 52.9 Å². The zero-order valence-electron chi connectivity index (χ0n) is 10.7. The summed E-state index contributed by atoms with van der Waals surface area (Å²) in [5.74, 6) is 0. The molecule has 0 N–H and O–H groups in total. The second-order valence-electron chi connectivity index (χ2n) is 2.82. The third-order valence-corrected chi connectivity index (χ3v) is 1.61. The number of hydrogen-bond donors (Lipinski definition) is 0. The van der Waals surface area contributed by atoms with Crippen LogP contribution in [0.15, 0.2) is 0 Å². The summed E-state index contributed by atoms with van der Waals surface area (Å²) in [6.45, 7) is 4.87. The molecular formula is C10H22CsO5. The van der Waals surface area contributed by atoms with Crippen molar-refractivity contribution in [2.24, 2.45) is 0 Å². The van der Waals surface area contributed by atoms with Gasteiger partial charge in [-0.1, -0.05) is 0 Å². The van der Waals surface area contributed by atoms with Crippen molar-refractivity contribution < 1.29 is 23.7 Å². The Hall–Kier alpha value is 1.85. The minimum absolute atomic E-state index is 0. The topological polar surface area (TPSA) is 46.2 Å². The molecule has 0 aliphatic carbocycles. The van der Waals surface area contributed by atoms with Crippen LogP contribution in [-0.2, 0) is 23.7 Å². The first-order valence-electron chi connectivity index (χ1n) is 5.13. The van der Waals surface area contributed by atoms with Crippen LogP contribution in [0.3, 0.4) is 0 Å². The summed E-state index contributed by atoms with van der Waals surface area (Å²) < 4.78 is 25.3. The van der Waals surface area contributed by atoms with Crippen LogP contribution >= 0.6 is 0 Å². The molecule has 0 amide bonds. The van der Waals surface area contributed by atoms with Gasteiger partial charge in [-0.15, -0.1) is 0 Å². The molecule has 0 fully saturated rings. The molecule has 0 aliphatic rings. The molecule has 93 valence electrons. The van der Waals surface area contributed by atoms with Gasteiger partial charge in [0, 0.05) is 83.1 Å². The average Bonchev–Trinajstić information content (AvgIpc) is 2.26. The Labute approximate surface area is 157 Å². The van der Waals surface area contributed by atoms with Crippen LogP contribution in [0.2, 0.25) is 0 Å². The summed E-state index contributed by atoms with van der Waals surface area (Å²) in [5.41, 5.74) is 0. The number of methoxy groups -OCH3 is 2. The van der Waals surface area contributed by atoms with Crippen LogP contribution in [0.25, 0.3) is 0 Å². The van der Waals surface area contributed by atoms with Gasteiger partial charge in [-0.2, -0.15) is 0 Å². The van der Waals surface area contributed by atoms with Crippen molar-refractivity contribution in [3.63, 3.8) is 0 Å². The molecule has 0 aromatic heterocycles. The Morgan fingerprint density at radius 3 is 1.00 bits per heavy atom. The SMILES string of the molecule is COCCOCCOCCOCCOC.[Cs]. The standard InChI is InChI=1S/C10H22O5.Cs/c1-11-3-5-13-7-9-15-10-8-14-6-4-12-2;/h3-10H2,1-2H3;. The third kappa shape index (κ3) is 18.2. The molecule has 0 aromatic carbocycles. The van der Waals surface area contributed by atoms with E-state index in [4.69, 9.17) is 23.7 Å². The second kappa shape index (κ2) is 19.2. The van der Waals surface area contributed by atoms with Gasteiger partial charge in [0.1, 0.15) is 0 Å². The van der Waals surface area contributed by atoms with Crippen molar-refractivity contribution in [3.8, 4) is 0 Å². The van der Waals surface area contributed by atoms with Gasteiger partial charge in [0.25, 0.3) is 0 Å². The summed E-state index contributed by atoms with van der Waals surface area (Å²) in [6.07, 6.45) is 0. The van der Waals surface area contributed by atoms with E-state index in [-0.39, 0.29) is 68.9 Å². The predicted molar refractivity (Wildman–Crippen MR) is 62.0 cm³/mol. The van der Waals surface area contributed by atoms with E-state index in [0.717, 1.165) is 0 Å². The molecule has 16 heavy (non-hydrogen) atoms. The maximum Gasteiger partial charge on any atom is 0.0701 e. The Kier molecular flexibility index (Phi) is 24.2. The average molecular weight is 355 g/mol. The molecule has 0 bridgehead atoms. The van der Waals surface area contributed by atoms with Crippen LogP contribution < -0.4 is 0 Å².